The molecule has 0 aliphatic carbocycles. The number of carbonyl (C=O) groups is 4. The number of ether oxygens (including phenoxy) is 2. The van der Waals surface area contributed by atoms with Crippen LogP contribution in [0.3, 0.4) is 0 Å². The van der Waals surface area contributed by atoms with Crippen molar-refractivity contribution in [1.82, 2.24) is 9.80 Å². The van der Waals surface area contributed by atoms with Crippen LogP contribution in [-0.2, 0) is 23.9 Å². The molecular weight excluding hydrogens is 616 g/mol. The quantitative estimate of drug-likeness (QED) is 0.147. The van der Waals surface area contributed by atoms with E-state index >= 15 is 0 Å². The lowest BCUT2D eigenvalue weighted by Crippen LogP contribution is -2.39. The molecule has 0 bridgehead atoms. The first-order valence-corrected chi connectivity index (χ1v) is 14.3. The number of carboxylic acids is 4. The lowest BCUT2D eigenvalue weighted by atomic mass is 10.0. The summed E-state index contributed by atoms with van der Waals surface area (Å²) in [4.78, 5) is 40.9. The van der Waals surface area contributed by atoms with Crippen LogP contribution < -0.4 is 4.74 Å². The highest BCUT2D eigenvalue weighted by atomic mass is 16.5. The second-order valence-electron chi connectivity index (χ2n) is 10.0. The minimum atomic E-state index is -1.82. The molecule has 14 heteroatoms. The van der Waals surface area contributed by atoms with Gasteiger partial charge in [0.15, 0.2) is 0 Å². The van der Waals surface area contributed by atoms with Crippen LogP contribution in [0.1, 0.15) is 23.7 Å². The van der Waals surface area contributed by atoms with Crippen molar-refractivity contribution in [1.29, 1.82) is 0 Å². The van der Waals surface area contributed by atoms with Gasteiger partial charge in [-0.2, -0.15) is 0 Å². The molecule has 1 unspecified atom stereocenters. The topological polar surface area (TPSA) is 226 Å². The van der Waals surface area contributed by atoms with E-state index in [9.17, 15) is 5.11 Å². The van der Waals surface area contributed by atoms with Crippen molar-refractivity contribution in [2.75, 3.05) is 53.5 Å². The largest absolute Gasteiger partial charge is 0.491 e. The van der Waals surface area contributed by atoms with Gasteiger partial charge in [-0.05, 0) is 56.9 Å². The zero-order chi connectivity index (χ0) is 34.3. The summed E-state index contributed by atoms with van der Waals surface area (Å²) in [6, 6.07) is 30.3. The fourth-order valence-electron chi connectivity index (χ4n) is 3.91. The van der Waals surface area contributed by atoms with E-state index in [-0.39, 0.29) is 18.2 Å². The highest BCUT2D eigenvalue weighted by molar-refractivity contribution is 6.27. The number of carboxylic acid groups (broad SMARTS) is 4. The summed E-state index contributed by atoms with van der Waals surface area (Å²) < 4.78 is 12.2. The Hall–Kier alpha value is -4.86. The smallest absolute Gasteiger partial charge is 0.414 e. The fraction of sp³-hybridized carbons (Fsp3) is 0.333. The van der Waals surface area contributed by atoms with Crippen LogP contribution in [-0.4, -0.2) is 124 Å². The third-order valence-corrected chi connectivity index (χ3v) is 6.00. The normalized spacial score (nSPS) is 10.9. The van der Waals surface area contributed by atoms with Crippen LogP contribution in [0.4, 0.5) is 0 Å². The van der Waals surface area contributed by atoms with Crippen LogP contribution in [0.25, 0.3) is 0 Å². The van der Waals surface area contributed by atoms with Gasteiger partial charge in [0.05, 0.1) is 6.61 Å². The fourth-order valence-corrected chi connectivity index (χ4v) is 3.91. The summed E-state index contributed by atoms with van der Waals surface area (Å²) in [6.45, 7) is 4.03. The third-order valence-electron chi connectivity index (χ3n) is 6.00. The Morgan fingerprint density at radius 2 is 1.09 bits per heavy atom. The minimum absolute atomic E-state index is 0. The van der Waals surface area contributed by atoms with E-state index in [1.165, 1.54) is 0 Å². The van der Waals surface area contributed by atoms with Gasteiger partial charge in [-0.1, -0.05) is 78.9 Å². The Kier molecular flexibility index (Phi) is 21.9. The highest BCUT2D eigenvalue weighted by Gasteiger charge is 2.17. The van der Waals surface area contributed by atoms with Crippen molar-refractivity contribution in [2.45, 2.75) is 18.6 Å². The van der Waals surface area contributed by atoms with E-state index in [4.69, 9.17) is 49.1 Å². The first-order valence-electron chi connectivity index (χ1n) is 14.3. The van der Waals surface area contributed by atoms with E-state index in [0.29, 0.717) is 13.2 Å². The SMILES string of the molecule is CN(C)CCCN(CCOC(c1ccccc1)c1ccccc1)CC(O)COc1ccccc1.O.O=C(O)C(=O)O.O=C(O)C(=O)O. The van der Waals surface area contributed by atoms with Gasteiger partial charge in [0.1, 0.15) is 24.6 Å². The second-order valence-corrected chi connectivity index (χ2v) is 10.0. The standard InChI is InChI=1S/C29H38N2O3.2C2H2O4.H2O/c1-30(2)19-12-20-31(23-27(32)24-34-28-17-10-5-11-18-28)21-22-33-29(25-13-6-3-7-14-25)26-15-8-4-9-16-26;2*3-1(4)2(5)6;/h3-11,13-18,27,29,32H,12,19-24H2,1-2H3;2*(H,3,4)(H,5,6);1H2. The average Bonchev–Trinajstić information content (AvgIpc) is 3.03. The molecule has 0 saturated carbocycles. The molecule has 0 fully saturated rings. The van der Waals surface area contributed by atoms with E-state index in [2.05, 4.69) is 48.2 Å². The van der Waals surface area contributed by atoms with E-state index in [0.717, 1.165) is 42.9 Å². The summed E-state index contributed by atoms with van der Waals surface area (Å²) in [5, 5.41) is 40.2. The summed E-state index contributed by atoms with van der Waals surface area (Å²) >= 11 is 0. The minimum Gasteiger partial charge on any atom is -0.491 e. The molecule has 258 valence electrons. The molecule has 1 atom stereocenters. The number of hydrogen-bond acceptors (Lipinski definition) is 9. The van der Waals surface area contributed by atoms with Crippen molar-refractivity contribution in [3.8, 4) is 5.75 Å². The maximum atomic E-state index is 10.6. The van der Waals surface area contributed by atoms with E-state index < -0.39 is 30.0 Å². The van der Waals surface area contributed by atoms with Gasteiger partial charge in [0, 0.05) is 13.1 Å². The summed E-state index contributed by atoms with van der Waals surface area (Å²) in [6.07, 6.45) is 0.344. The van der Waals surface area contributed by atoms with Crippen molar-refractivity contribution in [3.05, 3.63) is 102 Å². The molecule has 0 aliphatic heterocycles. The van der Waals surface area contributed by atoms with Crippen molar-refractivity contribution in [2.24, 2.45) is 0 Å². The van der Waals surface area contributed by atoms with Crippen molar-refractivity contribution < 1.29 is 59.7 Å². The number of aliphatic carboxylic acids is 4. The van der Waals surface area contributed by atoms with Gasteiger partial charge in [-0.3, -0.25) is 4.90 Å². The summed E-state index contributed by atoms with van der Waals surface area (Å²) in [7, 11) is 4.17. The predicted octanol–water partition coefficient (Wildman–Crippen LogP) is 1.97. The maximum absolute atomic E-state index is 10.6. The first-order chi connectivity index (χ1) is 21.9. The van der Waals surface area contributed by atoms with Gasteiger partial charge >= 0.3 is 23.9 Å². The molecule has 0 amide bonds. The van der Waals surface area contributed by atoms with Crippen LogP contribution in [0.2, 0.25) is 0 Å². The predicted molar refractivity (Wildman–Crippen MR) is 172 cm³/mol. The molecule has 47 heavy (non-hydrogen) atoms. The third kappa shape index (κ3) is 20.0. The number of aliphatic hydroxyl groups excluding tert-OH is 1. The van der Waals surface area contributed by atoms with E-state index in [1.54, 1.807) is 0 Å². The van der Waals surface area contributed by atoms with E-state index in [1.807, 2.05) is 66.7 Å². The van der Waals surface area contributed by atoms with Gasteiger partial charge in [0.25, 0.3) is 0 Å². The first kappa shape index (κ1) is 42.1. The molecule has 0 radical (unpaired) electrons. The van der Waals surface area contributed by atoms with Crippen LogP contribution >= 0.6 is 0 Å². The Balaban J connectivity index is 0.00000139. The maximum Gasteiger partial charge on any atom is 0.414 e. The molecule has 0 aromatic heterocycles. The van der Waals surface area contributed by atoms with Crippen molar-refractivity contribution in [3.63, 3.8) is 0 Å². The Bertz CT molecular complexity index is 1210. The Morgan fingerprint density at radius 3 is 1.49 bits per heavy atom. The zero-order valence-electron chi connectivity index (χ0n) is 26.3. The van der Waals surface area contributed by atoms with Crippen LogP contribution in [0.5, 0.6) is 5.75 Å². The molecule has 0 saturated heterocycles. The molecule has 14 nitrogen and oxygen atoms in total. The van der Waals surface area contributed by atoms with Gasteiger partial charge < -0.3 is 45.4 Å². The van der Waals surface area contributed by atoms with Crippen LogP contribution in [0.15, 0.2) is 91.0 Å². The number of rotatable bonds is 15. The molecule has 3 rings (SSSR count). The number of aliphatic hydroxyl groups is 1. The lowest BCUT2D eigenvalue weighted by Gasteiger charge is -2.27. The Morgan fingerprint density at radius 1 is 0.660 bits per heavy atom. The van der Waals surface area contributed by atoms with Gasteiger partial charge in [0.2, 0.25) is 0 Å². The monoisotopic (exact) mass is 660 g/mol. The molecular formula is C33H44N2O12. The second kappa shape index (κ2) is 24.4. The zero-order valence-corrected chi connectivity index (χ0v) is 26.3. The average molecular weight is 661 g/mol. The number of hydrogen-bond donors (Lipinski definition) is 5. The molecule has 0 aliphatic rings. The molecule has 7 N–H and O–H groups in total. The Labute approximate surface area is 273 Å². The molecule has 3 aromatic rings. The van der Waals surface area contributed by atoms with Crippen molar-refractivity contribution >= 4 is 23.9 Å². The number of nitrogens with zero attached hydrogens (tertiary/aromatic N) is 2. The molecule has 3 aromatic carbocycles. The highest BCUT2D eigenvalue weighted by Crippen LogP contribution is 2.25. The van der Waals surface area contributed by atoms with Crippen LogP contribution in [0, 0.1) is 0 Å². The molecule has 0 heterocycles. The summed E-state index contributed by atoms with van der Waals surface area (Å²) in [5.41, 5.74) is 2.29. The van der Waals surface area contributed by atoms with Gasteiger partial charge in [-0.25, -0.2) is 19.2 Å². The van der Waals surface area contributed by atoms with Gasteiger partial charge in [-0.15, -0.1) is 0 Å². The number of para-hydroxylation sites is 1. The molecule has 0 spiro atoms. The number of benzene rings is 3. The summed E-state index contributed by atoms with van der Waals surface area (Å²) in [5.74, 6) is -6.52. The lowest BCUT2D eigenvalue weighted by molar-refractivity contribution is -0.159.